The molecule has 0 atom stereocenters. The van der Waals surface area contributed by atoms with Gasteiger partial charge in [-0.2, -0.15) is 5.26 Å². The lowest BCUT2D eigenvalue weighted by Gasteiger charge is -2.14. The van der Waals surface area contributed by atoms with E-state index in [4.69, 9.17) is 4.74 Å². The number of nitrogens with zero attached hydrogens (tertiary/aromatic N) is 1. The molecule has 4 aromatic rings. The van der Waals surface area contributed by atoms with Gasteiger partial charge in [-0.1, -0.05) is 70.5 Å². The van der Waals surface area contributed by atoms with Gasteiger partial charge in [0.25, 0.3) is 5.91 Å². The van der Waals surface area contributed by atoms with Gasteiger partial charge in [-0.05, 0) is 66.1 Å². The van der Waals surface area contributed by atoms with E-state index in [1.807, 2.05) is 92.7 Å². The minimum Gasteiger partial charge on any atom is -0.488 e. The molecule has 0 spiro atoms. The highest BCUT2D eigenvalue weighted by Gasteiger charge is 2.14. The van der Waals surface area contributed by atoms with Gasteiger partial charge in [0.05, 0.1) is 0 Å². The predicted molar refractivity (Wildman–Crippen MR) is 141 cm³/mol. The topological polar surface area (TPSA) is 62.1 Å². The van der Waals surface area contributed by atoms with E-state index < -0.39 is 5.91 Å². The Morgan fingerprint density at radius 2 is 1.76 bits per heavy atom. The minimum absolute atomic E-state index is 0.000299. The van der Waals surface area contributed by atoms with E-state index in [2.05, 4.69) is 27.3 Å². The van der Waals surface area contributed by atoms with Gasteiger partial charge in [0.15, 0.2) is 0 Å². The van der Waals surface area contributed by atoms with Gasteiger partial charge >= 0.3 is 0 Å². The molecule has 4 rings (SSSR count). The van der Waals surface area contributed by atoms with Crippen molar-refractivity contribution in [1.29, 1.82) is 5.26 Å². The van der Waals surface area contributed by atoms with Gasteiger partial charge in [-0.3, -0.25) is 4.79 Å². The van der Waals surface area contributed by atoms with Crippen LogP contribution in [0.5, 0.6) is 5.75 Å². The van der Waals surface area contributed by atoms with Gasteiger partial charge in [-0.15, -0.1) is 0 Å². The summed E-state index contributed by atoms with van der Waals surface area (Å²) in [5, 5.41) is 14.5. The molecule has 0 radical (unpaired) electrons. The fourth-order valence-corrected chi connectivity index (χ4v) is 4.03. The third-order valence-electron chi connectivity index (χ3n) is 5.69. The maximum atomic E-state index is 13.0. The van der Waals surface area contributed by atoms with Gasteiger partial charge in [0.2, 0.25) is 0 Å². The average Bonchev–Trinajstić information content (AvgIpc) is 2.84. The first kappa shape index (κ1) is 23.3. The molecule has 4 aromatic carbocycles. The first-order valence-electron chi connectivity index (χ1n) is 10.8. The van der Waals surface area contributed by atoms with E-state index >= 15 is 0 Å². The quantitative estimate of drug-likeness (QED) is 0.218. The summed E-state index contributed by atoms with van der Waals surface area (Å²) in [5.41, 5.74) is 4.54. The molecule has 0 bridgehead atoms. The summed E-state index contributed by atoms with van der Waals surface area (Å²) < 4.78 is 7.13. The van der Waals surface area contributed by atoms with E-state index in [0.717, 1.165) is 31.9 Å². The van der Waals surface area contributed by atoms with E-state index in [-0.39, 0.29) is 5.57 Å². The molecule has 34 heavy (non-hydrogen) atoms. The van der Waals surface area contributed by atoms with Crippen LogP contribution in [0.4, 0.5) is 5.69 Å². The molecule has 5 heteroatoms. The number of nitriles is 1. The standard InChI is InChI=1S/C29H23BrN2O2/c1-19-11-13-24(15-20(19)2)32-29(33)23(17-31)16-26-25-9-5-3-7-21(25)12-14-28(26)34-18-22-8-4-6-10-27(22)30/h3-16H,18H2,1-2H3,(H,32,33)/b23-16+. The Kier molecular flexibility index (Phi) is 7.10. The van der Waals surface area contributed by atoms with Gasteiger partial charge in [0, 0.05) is 21.3 Å². The Balaban J connectivity index is 1.70. The number of carbonyl (C=O) groups is 1. The lowest BCUT2D eigenvalue weighted by Crippen LogP contribution is -2.13. The second-order valence-electron chi connectivity index (χ2n) is 8.00. The number of hydrogen-bond donors (Lipinski definition) is 1. The Labute approximate surface area is 207 Å². The van der Waals surface area contributed by atoms with Crippen LogP contribution in [0.2, 0.25) is 0 Å². The number of carbonyl (C=O) groups excluding carboxylic acids is 1. The minimum atomic E-state index is -0.463. The molecule has 168 valence electrons. The highest BCUT2D eigenvalue weighted by atomic mass is 79.9. The van der Waals surface area contributed by atoms with Crippen molar-refractivity contribution in [1.82, 2.24) is 0 Å². The number of benzene rings is 4. The number of hydrogen-bond acceptors (Lipinski definition) is 3. The second-order valence-corrected chi connectivity index (χ2v) is 8.86. The molecule has 0 saturated carbocycles. The van der Waals surface area contributed by atoms with Crippen LogP contribution >= 0.6 is 15.9 Å². The fraction of sp³-hybridized carbons (Fsp3) is 0.103. The smallest absolute Gasteiger partial charge is 0.266 e. The van der Waals surface area contributed by atoms with Gasteiger partial charge < -0.3 is 10.1 Å². The van der Waals surface area contributed by atoms with Crippen LogP contribution in [-0.4, -0.2) is 5.91 Å². The fourth-order valence-electron chi connectivity index (χ4n) is 3.63. The van der Waals surface area contributed by atoms with Crippen LogP contribution in [0.1, 0.15) is 22.3 Å². The van der Waals surface area contributed by atoms with E-state index in [0.29, 0.717) is 23.6 Å². The summed E-state index contributed by atoms with van der Waals surface area (Å²) in [5.74, 6) is 0.136. The first-order valence-corrected chi connectivity index (χ1v) is 11.6. The van der Waals surface area contributed by atoms with Gasteiger partial charge in [-0.25, -0.2) is 0 Å². The lowest BCUT2D eigenvalue weighted by molar-refractivity contribution is -0.112. The molecule has 0 fully saturated rings. The molecule has 0 aliphatic rings. The maximum Gasteiger partial charge on any atom is 0.266 e. The largest absolute Gasteiger partial charge is 0.488 e. The van der Waals surface area contributed by atoms with Crippen LogP contribution in [0.3, 0.4) is 0 Å². The molecule has 0 unspecified atom stereocenters. The number of ether oxygens (including phenoxy) is 1. The van der Waals surface area contributed by atoms with E-state index in [1.165, 1.54) is 0 Å². The maximum absolute atomic E-state index is 13.0. The van der Waals surface area contributed by atoms with E-state index in [9.17, 15) is 10.1 Å². The number of rotatable bonds is 6. The molecule has 4 nitrogen and oxygen atoms in total. The molecular weight excluding hydrogens is 488 g/mol. The molecule has 0 heterocycles. The van der Waals surface area contributed by atoms with Crippen LogP contribution < -0.4 is 10.1 Å². The summed E-state index contributed by atoms with van der Waals surface area (Å²) >= 11 is 3.55. The summed E-state index contributed by atoms with van der Waals surface area (Å²) in [7, 11) is 0. The molecule has 0 aromatic heterocycles. The Bertz CT molecular complexity index is 1450. The van der Waals surface area contributed by atoms with Crippen LogP contribution in [0.15, 0.2) is 88.9 Å². The number of nitrogens with one attached hydrogen (secondary N) is 1. The first-order chi connectivity index (χ1) is 16.5. The molecule has 0 saturated heterocycles. The van der Waals surface area contributed by atoms with Crippen molar-refractivity contribution in [3.63, 3.8) is 0 Å². The zero-order chi connectivity index (χ0) is 24.1. The molecule has 0 aliphatic heterocycles. The van der Waals surface area contributed by atoms with Crippen LogP contribution in [0.25, 0.3) is 16.8 Å². The van der Waals surface area contributed by atoms with Crippen molar-refractivity contribution in [3.05, 3.63) is 111 Å². The summed E-state index contributed by atoms with van der Waals surface area (Å²) in [6, 6.07) is 27.3. The Morgan fingerprint density at radius 1 is 1.00 bits per heavy atom. The summed E-state index contributed by atoms with van der Waals surface area (Å²) in [6.45, 7) is 4.34. The van der Waals surface area contributed by atoms with Crippen molar-refractivity contribution in [2.75, 3.05) is 5.32 Å². The lowest BCUT2D eigenvalue weighted by atomic mass is 10.0. The number of fused-ring (bicyclic) bond motifs is 1. The summed E-state index contributed by atoms with van der Waals surface area (Å²) in [4.78, 5) is 13.0. The highest BCUT2D eigenvalue weighted by molar-refractivity contribution is 9.10. The Hall–Kier alpha value is -3.88. The van der Waals surface area contributed by atoms with Crippen LogP contribution in [0, 0.1) is 25.2 Å². The molecule has 1 amide bonds. The van der Waals surface area contributed by atoms with Crippen molar-refractivity contribution in [3.8, 4) is 11.8 Å². The molecular formula is C29H23BrN2O2. The summed E-state index contributed by atoms with van der Waals surface area (Å²) in [6.07, 6.45) is 1.61. The van der Waals surface area contributed by atoms with Crippen molar-refractivity contribution < 1.29 is 9.53 Å². The SMILES string of the molecule is Cc1ccc(NC(=O)/C(C#N)=C/c2c(OCc3ccccc3Br)ccc3ccccc23)cc1C. The highest BCUT2D eigenvalue weighted by Crippen LogP contribution is 2.31. The number of halogens is 1. The monoisotopic (exact) mass is 510 g/mol. The number of amides is 1. The normalized spacial score (nSPS) is 11.2. The molecule has 0 aliphatic carbocycles. The predicted octanol–water partition coefficient (Wildman–Crippen LogP) is 7.34. The third kappa shape index (κ3) is 5.19. The number of aryl methyl sites for hydroxylation is 2. The van der Waals surface area contributed by atoms with Crippen LogP contribution in [-0.2, 0) is 11.4 Å². The number of anilines is 1. The second kappa shape index (κ2) is 10.4. The van der Waals surface area contributed by atoms with Crippen molar-refractivity contribution in [2.45, 2.75) is 20.5 Å². The molecule has 1 N–H and O–H groups in total. The van der Waals surface area contributed by atoms with E-state index in [1.54, 1.807) is 6.08 Å². The zero-order valence-corrected chi connectivity index (χ0v) is 20.5. The Morgan fingerprint density at radius 3 is 2.53 bits per heavy atom. The average molecular weight is 511 g/mol. The van der Waals surface area contributed by atoms with Gasteiger partial charge in [0.1, 0.15) is 24.0 Å². The zero-order valence-electron chi connectivity index (χ0n) is 18.9. The van der Waals surface area contributed by atoms with Crippen molar-refractivity contribution >= 4 is 44.4 Å². The third-order valence-corrected chi connectivity index (χ3v) is 6.46. The van der Waals surface area contributed by atoms with Crippen molar-refractivity contribution in [2.24, 2.45) is 0 Å².